The monoisotopic (exact) mass is 278 g/mol. The molecule has 1 aromatic heterocycles. The Bertz CT molecular complexity index is 507. The molecule has 0 saturated heterocycles. The summed E-state index contributed by atoms with van der Waals surface area (Å²) in [5.41, 5.74) is 7.32. The molecule has 1 saturated carbocycles. The van der Waals surface area contributed by atoms with Gasteiger partial charge in [-0.3, -0.25) is 4.79 Å². The van der Waals surface area contributed by atoms with E-state index < -0.39 is 0 Å². The van der Waals surface area contributed by atoms with Crippen molar-refractivity contribution >= 4 is 5.91 Å². The maximum absolute atomic E-state index is 12.6. The lowest BCUT2D eigenvalue weighted by Crippen LogP contribution is -2.56. The van der Waals surface area contributed by atoms with Gasteiger partial charge in [0.15, 0.2) is 0 Å². The van der Waals surface area contributed by atoms with Crippen LogP contribution in [0, 0.1) is 26.7 Å². The second-order valence-electron chi connectivity index (χ2n) is 6.35. The number of rotatable bonds is 3. The molecule has 1 aliphatic rings. The zero-order chi connectivity index (χ0) is 14.9. The van der Waals surface area contributed by atoms with Crippen molar-refractivity contribution in [2.75, 3.05) is 6.54 Å². The van der Waals surface area contributed by atoms with Gasteiger partial charge in [0.25, 0.3) is 5.91 Å². The molecule has 0 spiro atoms. The van der Waals surface area contributed by atoms with Crippen LogP contribution in [0.15, 0.2) is 4.42 Å². The van der Waals surface area contributed by atoms with Gasteiger partial charge in [-0.15, -0.1) is 0 Å². The highest BCUT2D eigenvalue weighted by Gasteiger charge is 2.36. The fourth-order valence-corrected chi connectivity index (χ4v) is 3.44. The van der Waals surface area contributed by atoms with Gasteiger partial charge < -0.3 is 15.5 Å². The first kappa shape index (κ1) is 15.1. The molecular weight excluding hydrogens is 252 g/mol. The van der Waals surface area contributed by atoms with Crippen LogP contribution in [0.1, 0.15) is 60.0 Å². The molecule has 1 amide bonds. The van der Waals surface area contributed by atoms with Crippen LogP contribution >= 0.6 is 0 Å². The highest BCUT2D eigenvalue weighted by molar-refractivity contribution is 5.97. The SMILES string of the molecule is Cc1oc(C)c(C(=O)NC2(CN)CCCC(C)C2)c1C. The zero-order valence-corrected chi connectivity index (χ0v) is 13.0. The van der Waals surface area contributed by atoms with Crippen LogP contribution in [0.25, 0.3) is 0 Å². The molecule has 2 rings (SSSR count). The lowest BCUT2D eigenvalue weighted by Gasteiger charge is -2.40. The van der Waals surface area contributed by atoms with Crippen molar-refractivity contribution in [1.29, 1.82) is 0 Å². The summed E-state index contributed by atoms with van der Waals surface area (Å²) in [6.45, 7) is 8.39. The van der Waals surface area contributed by atoms with Crippen molar-refractivity contribution in [1.82, 2.24) is 5.32 Å². The smallest absolute Gasteiger partial charge is 0.255 e. The van der Waals surface area contributed by atoms with Gasteiger partial charge in [0.1, 0.15) is 11.5 Å². The predicted octanol–water partition coefficient (Wildman–Crippen LogP) is 2.84. The Kier molecular flexibility index (Phi) is 4.23. The molecule has 1 heterocycles. The van der Waals surface area contributed by atoms with Crippen LogP contribution in [0.3, 0.4) is 0 Å². The molecular formula is C16H26N2O2. The van der Waals surface area contributed by atoms with E-state index in [1.807, 2.05) is 20.8 Å². The van der Waals surface area contributed by atoms with Crippen molar-refractivity contribution in [2.24, 2.45) is 11.7 Å². The van der Waals surface area contributed by atoms with E-state index in [1.54, 1.807) is 0 Å². The third kappa shape index (κ3) is 2.75. The molecule has 0 radical (unpaired) electrons. The predicted molar refractivity (Wildman–Crippen MR) is 79.8 cm³/mol. The quantitative estimate of drug-likeness (QED) is 0.893. The third-order valence-electron chi connectivity index (χ3n) is 4.65. The fraction of sp³-hybridized carbons (Fsp3) is 0.688. The molecule has 1 fully saturated rings. The van der Waals surface area contributed by atoms with Crippen LogP contribution in [0.5, 0.6) is 0 Å². The molecule has 2 unspecified atom stereocenters. The van der Waals surface area contributed by atoms with Crippen molar-refractivity contribution < 1.29 is 9.21 Å². The van der Waals surface area contributed by atoms with Crippen LogP contribution in [0.4, 0.5) is 0 Å². The first-order chi connectivity index (χ1) is 9.38. The summed E-state index contributed by atoms with van der Waals surface area (Å²) < 4.78 is 5.55. The molecule has 112 valence electrons. The lowest BCUT2D eigenvalue weighted by atomic mass is 9.76. The maximum Gasteiger partial charge on any atom is 0.255 e. The summed E-state index contributed by atoms with van der Waals surface area (Å²) in [6.07, 6.45) is 4.28. The standard InChI is InChI=1S/C16H26N2O2/c1-10-6-5-7-16(8-10,9-17)18-15(19)14-11(2)12(3)20-13(14)4/h10H,5-9,17H2,1-4H3,(H,18,19). The molecule has 4 heteroatoms. The van der Waals surface area contributed by atoms with E-state index in [9.17, 15) is 4.79 Å². The Morgan fingerprint density at radius 3 is 2.60 bits per heavy atom. The molecule has 2 atom stereocenters. The van der Waals surface area contributed by atoms with E-state index >= 15 is 0 Å². The molecule has 20 heavy (non-hydrogen) atoms. The summed E-state index contributed by atoms with van der Waals surface area (Å²) in [5.74, 6) is 2.07. The number of nitrogens with two attached hydrogens (primary N) is 1. The van der Waals surface area contributed by atoms with Gasteiger partial charge in [-0.25, -0.2) is 0 Å². The highest BCUT2D eigenvalue weighted by Crippen LogP contribution is 2.32. The second kappa shape index (κ2) is 5.60. The van der Waals surface area contributed by atoms with Gasteiger partial charge in [-0.1, -0.05) is 19.8 Å². The van der Waals surface area contributed by atoms with Gasteiger partial charge >= 0.3 is 0 Å². The van der Waals surface area contributed by atoms with E-state index in [0.29, 0.717) is 23.8 Å². The van der Waals surface area contributed by atoms with E-state index in [4.69, 9.17) is 10.2 Å². The number of nitrogens with one attached hydrogen (secondary N) is 1. The Hall–Kier alpha value is -1.29. The third-order valence-corrected chi connectivity index (χ3v) is 4.65. The first-order valence-corrected chi connectivity index (χ1v) is 7.48. The van der Waals surface area contributed by atoms with Gasteiger partial charge in [0.2, 0.25) is 0 Å². The average molecular weight is 278 g/mol. The van der Waals surface area contributed by atoms with Crippen molar-refractivity contribution in [3.05, 3.63) is 22.6 Å². The molecule has 1 aliphatic carbocycles. The number of furan rings is 1. The molecule has 1 aromatic rings. The summed E-state index contributed by atoms with van der Waals surface area (Å²) in [6, 6.07) is 0. The minimum atomic E-state index is -0.251. The minimum Gasteiger partial charge on any atom is -0.466 e. The number of hydrogen-bond donors (Lipinski definition) is 2. The zero-order valence-electron chi connectivity index (χ0n) is 13.0. The molecule has 0 aliphatic heterocycles. The average Bonchev–Trinajstić information content (AvgIpc) is 2.63. The molecule has 3 N–H and O–H groups in total. The van der Waals surface area contributed by atoms with Crippen molar-refractivity contribution in [3.63, 3.8) is 0 Å². The maximum atomic E-state index is 12.6. The Morgan fingerprint density at radius 1 is 1.40 bits per heavy atom. The summed E-state index contributed by atoms with van der Waals surface area (Å²) in [7, 11) is 0. The molecule has 4 nitrogen and oxygen atoms in total. The van der Waals surface area contributed by atoms with Crippen molar-refractivity contribution in [2.45, 2.75) is 58.9 Å². The number of carbonyl (C=O) groups excluding carboxylic acids is 1. The lowest BCUT2D eigenvalue weighted by molar-refractivity contribution is 0.0852. The van der Waals surface area contributed by atoms with Crippen LogP contribution in [-0.2, 0) is 0 Å². The number of amides is 1. The Labute approximate surface area is 121 Å². The van der Waals surface area contributed by atoms with Crippen LogP contribution in [0.2, 0.25) is 0 Å². The number of hydrogen-bond acceptors (Lipinski definition) is 3. The number of carbonyl (C=O) groups is 1. The van der Waals surface area contributed by atoms with E-state index in [-0.39, 0.29) is 11.4 Å². The second-order valence-corrected chi connectivity index (χ2v) is 6.35. The molecule has 0 aromatic carbocycles. The summed E-state index contributed by atoms with van der Waals surface area (Å²) in [5, 5.41) is 3.20. The normalized spacial score (nSPS) is 26.6. The largest absolute Gasteiger partial charge is 0.466 e. The van der Waals surface area contributed by atoms with E-state index in [1.165, 1.54) is 6.42 Å². The van der Waals surface area contributed by atoms with Crippen molar-refractivity contribution in [3.8, 4) is 0 Å². The van der Waals surface area contributed by atoms with Gasteiger partial charge in [0, 0.05) is 12.1 Å². The highest BCUT2D eigenvalue weighted by atomic mass is 16.3. The van der Waals surface area contributed by atoms with E-state index in [2.05, 4.69) is 12.2 Å². The Morgan fingerprint density at radius 2 is 2.10 bits per heavy atom. The molecule has 0 bridgehead atoms. The minimum absolute atomic E-state index is 0.0450. The van der Waals surface area contributed by atoms with Gasteiger partial charge in [0.05, 0.1) is 11.1 Å². The topological polar surface area (TPSA) is 68.3 Å². The van der Waals surface area contributed by atoms with Gasteiger partial charge in [-0.05, 0) is 39.5 Å². The van der Waals surface area contributed by atoms with E-state index in [0.717, 1.165) is 30.6 Å². The first-order valence-electron chi connectivity index (χ1n) is 7.48. The fourth-order valence-electron chi connectivity index (χ4n) is 3.44. The van der Waals surface area contributed by atoms with Crippen LogP contribution < -0.4 is 11.1 Å². The Balaban J connectivity index is 2.21. The van der Waals surface area contributed by atoms with Gasteiger partial charge in [-0.2, -0.15) is 0 Å². The number of aryl methyl sites for hydroxylation is 2. The summed E-state index contributed by atoms with van der Waals surface area (Å²) >= 11 is 0. The van der Waals surface area contributed by atoms with Crippen LogP contribution in [-0.4, -0.2) is 18.0 Å². The summed E-state index contributed by atoms with van der Waals surface area (Å²) in [4.78, 5) is 12.6.